The van der Waals surface area contributed by atoms with Crippen LogP contribution in [0.4, 0.5) is 0 Å². The normalized spacial score (nSPS) is 21.1. The van der Waals surface area contributed by atoms with Crippen molar-refractivity contribution in [1.29, 1.82) is 0 Å². The number of nitrogens with zero attached hydrogens (tertiary/aromatic N) is 2. The Kier molecular flexibility index (Phi) is 4.00. The average molecular weight is 234 g/mol. The second-order valence-electron chi connectivity index (χ2n) is 5.15. The molecule has 3 heteroatoms. The van der Waals surface area contributed by atoms with Crippen molar-refractivity contribution in [3.8, 4) is 5.88 Å². The van der Waals surface area contributed by atoms with Crippen molar-refractivity contribution in [1.82, 2.24) is 9.88 Å². The summed E-state index contributed by atoms with van der Waals surface area (Å²) in [5.41, 5.74) is 1.24. The molecule has 0 aromatic carbocycles. The highest BCUT2D eigenvalue weighted by molar-refractivity contribution is 5.29. The summed E-state index contributed by atoms with van der Waals surface area (Å²) < 4.78 is 5.37. The molecule has 2 heterocycles. The molecule has 2 rings (SSSR count). The first-order valence-corrected chi connectivity index (χ1v) is 6.45. The topological polar surface area (TPSA) is 25.4 Å². The van der Waals surface area contributed by atoms with Gasteiger partial charge in [0.15, 0.2) is 0 Å². The molecule has 1 aliphatic heterocycles. The molecule has 94 valence electrons. The van der Waals surface area contributed by atoms with Gasteiger partial charge in [-0.1, -0.05) is 19.9 Å². The van der Waals surface area contributed by atoms with Gasteiger partial charge in [0.05, 0.1) is 7.11 Å². The Balaban J connectivity index is 2.19. The lowest BCUT2D eigenvalue weighted by Crippen LogP contribution is -2.27. The van der Waals surface area contributed by atoms with Crippen LogP contribution in [0, 0.1) is 5.92 Å². The minimum absolute atomic E-state index is 0.487. The zero-order valence-corrected chi connectivity index (χ0v) is 11.0. The van der Waals surface area contributed by atoms with Crippen LogP contribution in [0.3, 0.4) is 0 Å². The number of ether oxygens (including phenoxy) is 1. The van der Waals surface area contributed by atoms with Crippen LogP contribution >= 0.6 is 0 Å². The number of methoxy groups -OCH3 is 1. The predicted molar refractivity (Wildman–Crippen MR) is 69.2 cm³/mol. The van der Waals surface area contributed by atoms with Gasteiger partial charge in [-0.15, -0.1) is 0 Å². The maximum absolute atomic E-state index is 5.37. The van der Waals surface area contributed by atoms with E-state index in [-0.39, 0.29) is 0 Å². The van der Waals surface area contributed by atoms with Crippen molar-refractivity contribution in [3.05, 3.63) is 23.9 Å². The van der Waals surface area contributed by atoms with E-state index in [1.807, 2.05) is 6.07 Å². The van der Waals surface area contributed by atoms with Crippen LogP contribution in [-0.4, -0.2) is 30.1 Å². The largest absolute Gasteiger partial charge is 0.481 e. The Hall–Kier alpha value is -1.09. The average Bonchev–Trinajstić information content (AvgIpc) is 2.76. The van der Waals surface area contributed by atoms with Crippen molar-refractivity contribution in [2.45, 2.75) is 32.7 Å². The smallest absolute Gasteiger partial charge is 0.217 e. The maximum atomic E-state index is 5.37. The Labute approximate surface area is 104 Å². The second kappa shape index (κ2) is 5.50. The van der Waals surface area contributed by atoms with E-state index in [2.05, 4.69) is 29.8 Å². The van der Waals surface area contributed by atoms with Gasteiger partial charge in [0.2, 0.25) is 5.88 Å². The van der Waals surface area contributed by atoms with Gasteiger partial charge in [-0.25, -0.2) is 4.98 Å². The van der Waals surface area contributed by atoms with Gasteiger partial charge < -0.3 is 4.74 Å². The monoisotopic (exact) mass is 234 g/mol. The highest BCUT2D eigenvalue weighted by Crippen LogP contribution is 2.36. The maximum Gasteiger partial charge on any atom is 0.217 e. The number of likely N-dealkylation sites (tertiary alicyclic amines) is 1. The van der Waals surface area contributed by atoms with Gasteiger partial charge >= 0.3 is 0 Å². The summed E-state index contributed by atoms with van der Waals surface area (Å²) in [7, 11) is 1.70. The fourth-order valence-corrected chi connectivity index (χ4v) is 2.69. The van der Waals surface area contributed by atoms with Gasteiger partial charge in [0.1, 0.15) is 0 Å². The Morgan fingerprint density at radius 2 is 2.35 bits per heavy atom. The lowest BCUT2D eigenvalue weighted by Gasteiger charge is -2.27. The zero-order valence-electron chi connectivity index (χ0n) is 11.0. The molecule has 3 nitrogen and oxygen atoms in total. The first kappa shape index (κ1) is 12.4. The van der Waals surface area contributed by atoms with Crippen LogP contribution in [0.2, 0.25) is 0 Å². The standard InChI is InChI=1S/C14H22N2O/c1-11(2)10-16-9-5-7-13(16)12-6-4-8-15-14(12)17-3/h4,6,8,11,13H,5,7,9-10H2,1-3H3/t13-/m1/s1. The second-order valence-corrected chi connectivity index (χ2v) is 5.15. The summed E-state index contributed by atoms with van der Waals surface area (Å²) in [5.74, 6) is 1.49. The fraction of sp³-hybridized carbons (Fsp3) is 0.643. The molecule has 1 aromatic heterocycles. The minimum Gasteiger partial charge on any atom is -0.481 e. The van der Waals surface area contributed by atoms with Crippen LogP contribution in [0.1, 0.15) is 38.3 Å². The fourth-order valence-electron chi connectivity index (χ4n) is 2.69. The minimum atomic E-state index is 0.487. The Morgan fingerprint density at radius 1 is 1.53 bits per heavy atom. The van der Waals surface area contributed by atoms with Gasteiger partial charge in [-0.3, -0.25) is 4.90 Å². The summed E-state index contributed by atoms with van der Waals surface area (Å²) in [6.45, 7) is 6.90. The van der Waals surface area contributed by atoms with Crippen molar-refractivity contribution in [3.63, 3.8) is 0 Å². The van der Waals surface area contributed by atoms with E-state index in [4.69, 9.17) is 4.74 Å². The van der Waals surface area contributed by atoms with E-state index >= 15 is 0 Å². The SMILES string of the molecule is COc1ncccc1[C@H]1CCCN1CC(C)C. The predicted octanol–water partition coefficient (Wildman–Crippen LogP) is 2.88. The molecule has 17 heavy (non-hydrogen) atoms. The molecule has 1 aromatic rings. The Morgan fingerprint density at radius 3 is 3.06 bits per heavy atom. The molecule has 0 N–H and O–H groups in total. The molecule has 0 aliphatic carbocycles. The molecule has 0 amide bonds. The number of rotatable bonds is 4. The number of hydrogen-bond donors (Lipinski definition) is 0. The van der Waals surface area contributed by atoms with E-state index < -0.39 is 0 Å². The van der Waals surface area contributed by atoms with Crippen molar-refractivity contribution in [2.24, 2.45) is 5.92 Å². The molecular weight excluding hydrogens is 212 g/mol. The third-order valence-corrected chi connectivity index (χ3v) is 3.32. The van der Waals surface area contributed by atoms with E-state index in [1.165, 1.54) is 24.9 Å². The number of pyridine rings is 1. The van der Waals surface area contributed by atoms with Crippen LogP contribution < -0.4 is 4.74 Å². The lowest BCUT2D eigenvalue weighted by atomic mass is 10.1. The quantitative estimate of drug-likeness (QED) is 0.801. The molecule has 1 saturated heterocycles. The third kappa shape index (κ3) is 2.78. The van der Waals surface area contributed by atoms with Gasteiger partial charge in [-0.05, 0) is 31.4 Å². The molecule has 1 fully saturated rings. The summed E-state index contributed by atoms with van der Waals surface area (Å²) in [6.07, 6.45) is 4.29. The molecule has 0 unspecified atom stereocenters. The van der Waals surface area contributed by atoms with Crippen LogP contribution in [-0.2, 0) is 0 Å². The first-order valence-electron chi connectivity index (χ1n) is 6.45. The van der Waals surface area contributed by atoms with Gasteiger partial charge in [0.25, 0.3) is 0 Å². The van der Waals surface area contributed by atoms with E-state index in [9.17, 15) is 0 Å². The van der Waals surface area contributed by atoms with E-state index in [0.29, 0.717) is 12.0 Å². The molecular formula is C14H22N2O. The molecule has 1 aliphatic rings. The highest BCUT2D eigenvalue weighted by atomic mass is 16.5. The van der Waals surface area contributed by atoms with Crippen molar-refractivity contribution < 1.29 is 4.74 Å². The van der Waals surface area contributed by atoms with Crippen LogP contribution in [0.25, 0.3) is 0 Å². The van der Waals surface area contributed by atoms with Gasteiger partial charge in [-0.2, -0.15) is 0 Å². The third-order valence-electron chi connectivity index (χ3n) is 3.32. The summed E-state index contributed by atoms with van der Waals surface area (Å²) in [6, 6.07) is 4.64. The number of hydrogen-bond acceptors (Lipinski definition) is 3. The zero-order chi connectivity index (χ0) is 12.3. The molecule has 0 radical (unpaired) electrons. The molecule has 0 saturated carbocycles. The summed E-state index contributed by atoms with van der Waals surface area (Å²) >= 11 is 0. The molecule has 0 spiro atoms. The van der Waals surface area contributed by atoms with Crippen molar-refractivity contribution >= 4 is 0 Å². The summed E-state index contributed by atoms with van der Waals surface area (Å²) in [5, 5.41) is 0. The van der Waals surface area contributed by atoms with Crippen molar-refractivity contribution in [2.75, 3.05) is 20.2 Å². The van der Waals surface area contributed by atoms with Gasteiger partial charge in [0, 0.05) is 24.3 Å². The molecule has 0 bridgehead atoms. The Bertz CT molecular complexity index is 365. The lowest BCUT2D eigenvalue weighted by molar-refractivity contribution is 0.223. The highest BCUT2D eigenvalue weighted by Gasteiger charge is 2.28. The first-order chi connectivity index (χ1) is 8.22. The van der Waals surface area contributed by atoms with E-state index in [0.717, 1.165) is 12.4 Å². The molecule has 1 atom stereocenters. The van der Waals surface area contributed by atoms with Crippen LogP contribution in [0.15, 0.2) is 18.3 Å². The van der Waals surface area contributed by atoms with E-state index in [1.54, 1.807) is 13.3 Å². The van der Waals surface area contributed by atoms with Crippen LogP contribution in [0.5, 0.6) is 5.88 Å². The summed E-state index contributed by atoms with van der Waals surface area (Å²) in [4.78, 5) is 6.87. The number of aromatic nitrogens is 1.